The zero-order valence-electron chi connectivity index (χ0n) is 21.4. The maximum Gasteiger partial charge on any atom is -0.0184 e. The molecule has 0 amide bonds. The summed E-state index contributed by atoms with van der Waals surface area (Å²) in [6, 6.07) is 33.0. The van der Waals surface area contributed by atoms with Gasteiger partial charge in [-0.3, -0.25) is 0 Å². The van der Waals surface area contributed by atoms with Crippen LogP contribution in [0.1, 0.15) is 40.5 Å². The Morgan fingerprint density at radius 2 is 1.18 bits per heavy atom. The summed E-state index contributed by atoms with van der Waals surface area (Å²) in [5.74, 6) is 0.684. The molecule has 0 aromatic heterocycles. The Bertz CT molecular complexity index is 1110. The first-order valence-corrected chi connectivity index (χ1v) is 24.2. The molecule has 0 saturated heterocycles. The van der Waals surface area contributed by atoms with Crippen LogP contribution in [0, 0.1) is 5.92 Å². The van der Waals surface area contributed by atoms with Gasteiger partial charge in [0, 0.05) is 0 Å². The molecule has 0 bridgehead atoms. The van der Waals surface area contributed by atoms with E-state index in [0.29, 0.717) is 5.92 Å². The van der Waals surface area contributed by atoms with E-state index in [-0.39, 0.29) is 6.65 Å². The first kappa shape index (κ1) is 25.3. The maximum atomic E-state index is 4.25. The largest absolute Gasteiger partial charge is 0.0622 e. The van der Waals surface area contributed by atoms with Gasteiger partial charge in [0.1, 0.15) is 0 Å². The number of nitrogens with one attached hydrogen (secondary N) is 1. The van der Waals surface area contributed by atoms with Crippen LogP contribution >= 0.6 is 0 Å². The van der Waals surface area contributed by atoms with Gasteiger partial charge in [0.05, 0.1) is 0 Å². The van der Waals surface area contributed by atoms with E-state index in [4.69, 9.17) is 0 Å². The summed E-state index contributed by atoms with van der Waals surface area (Å²) < 4.78 is 8.82. The van der Waals surface area contributed by atoms with Gasteiger partial charge >= 0.3 is 142 Å². The summed E-state index contributed by atoms with van der Waals surface area (Å²) >= 11 is -2.43. The third-order valence-electron chi connectivity index (χ3n) is 7.62. The van der Waals surface area contributed by atoms with Crippen molar-refractivity contribution in [3.63, 3.8) is 0 Å². The maximum absolute atomic E-state index is 4.25. The molecule has 3 aromatic rings. The van der Waals surface area contributed by atoms with E-state index in [2.05, 4.69) is 114 Å². The summed E-state index contributed by atoms with van der Waals surface area (Å²) in [7, 11) is 0. The summed E-state index contributed by atoms with van der Waals surface area (Å²) in [6.45, 7) is 9.31. The molecule has 1 nitrogen and oxygen atoms in total. The second-order valence-electron chi connectivity index (χ2n) is 10.2. The molecule has 3 aromatic carbocycles. The van der Waals surface area contributed by atoms with Crippen molar-refractivity contribution >= 4 is 11.8 Å². The third kappa shape index (κ3) is 6.06. The molecule has 176 valence electrons. The van der Waals surface area contributed by atoms with Gasteiger partial charge in [-0.25, -0.2) is 0 Å². The van der Waals surface area contributed by atoms with Gasteiger partial charge < -0.3 is 0 Å². The molecule has 1 saturated carbocycles. The fourth-order valence-electron chi connectivity index (χ4n) is 5.42. The average Bonchev–Trinajstić information content (AvgIpc) is 3.65. The number of hydrogen-bond donors (Lipinski definition) is 1. The number of benzene rings is 3. The summed E-state index contributed by atoms with van der Waals surface area (Å²) in [5.41, 5.74) is 7.39. The number of rotatable bonds is 6. The predicted molar refractivity (Wildman–Crippen MR) is 149 cm³/mol. The van der Waals surface area contributed by atoms with Crippen molar-refractivity contribution in [2.45, 2.75) is 51.2 Å². The standard InChI is InChI=1S/C12H10.C9H13.C6H7Si.C3H6N.CH3.Zr/c1-3-7-11(8-4-1)12-9-5-2-6-10-12;1-6-5-7(2)9(4)8(6)3;7-6-4-2-1-3-5-6;4-3-1-2-3;;/h1-10H;6H,1-4H3;1-5H,7H2;3-4H,1-2H2;1H3;/q;;;-1;;+1. The minimum atomic E-state index is -2.43. The van der Waals surface area contributed by atoms with E-state index in [1.165, 1.54) is 24.0 Å². The van der Waals surface area contributed by atoms with E-state index in [0.717, 1.165) is 6.04 Å². The second kappa shape index (κ2) is 11.3. The SMILES string of the molecule is CC1=C(C)C(C)[C]([Zr]([CH3])([NH]C2CC2)[SiH2]c2ccccc2)=C1C.c1ccc(-c2ccccc2)cc1. The first-order chi connectivity index (χ1) is 16.4. The monoisotopic (exact) mass is 543 g/mol. The van der Waals surface area contributed by atoms with Crippen molar-refractivity contribution in [3.05, 3.63) is 111 Å². The van der Waals surface area contributed by atoms with Crippen LogP contribution in [0.15, 0.2) is 111 Å². The first-order valence-electron chi connectivity index (χ1n) is 12.7. The van der Waals surface area contributed by atoms with Gasteiger partial charge in [-0.15, -0.1) is 0 Å². The Morgan fingerprint density at radius 1 is 0.706 bits per heavy atom. The van der Waals surface area contributed by atoms with E-state index in [1.54, 1.807) is 21.9 Å². The molecule has 3 heteroatoms. The average molecular weight is 545 g/mol. The van der Waals surface area contributed by atoms with Crippen molar-refractivity contribution in [2.75, 3.05) is 0 Å². The van der Waals surface area contributed by atoms with E-state index < -0.39 is 19.7 Å². The molecule has 0 radical (unpaired) electrons. The van der Waals surface area contributed by atoms with Gasteiger partial charge in [-0.05, 0) is 11.1 Å². The molecule has 0 spiro atoms. The van der Waals surface area contributed by atoms with Gasteiger partial charge in [0.2, 0.25) is 0 Å². The Kier molecular flexibility index (Phi) is 8.40. The molecule has 2 unspecified atom stereocenters. The summed E-state index contributed by atoms with van der Waals surface area (Å²) in [4.78, 5) is 0. The molecule has 5 rings (SSSR count). The van der Waals surface area contributed by atoms with Crippen molar-refractivity contribution in [1.82, 2.24) is 3.26 Å². The van der Waals surface area contributed by atoms with Crippen LogP contribution in [0.5, 0.6) is 0 Å². The predicted octanol–water partition coefficient (Wildman–Crippen LogP) is 6.88. The van der Waals surface area contributed by atoms with Crippen LogP contribution < -0.4 is 8.45 Å². The van der Waals surface area contributed by atoms with Gasteiger partial charge in [0.15, 0.2) is 0 Å². The summed E-state index contributed by atoms with van der Waals surface area (Å²) in [6.07, 6.45) is 2.81. The fourth-order valence-corrected chi connectivity index (χ4v) is 30.7. The number of hydrogen-bond acceptors (Lipinski definition) is 1. The van der Waals surface area contributed by atoms with E-state index >= 15 is 0 Å². The van der Waals surface area contributed by atoms with Crippen molar-refractivity contribution < 1.29 is 19.7 Å². The molecular weight excluding hydrogens is 506 g/mol. The van der Waals surface area contributed by atoms with E-state index in [9.17, 15) is 0 Å². The Morgan fingerprint density at radius 3 is 1.59 bits per heavy atom. The minimum Gasteiger partial charge on any atom is -0.0622 e. The molecule has 1 fully saturated rings. The fraction of sp³-hybridized carbons (Fsp3) is 0.290. The minimum absolute atomic E-state index is 0.221. The zero-order chi connectivity index (χ0) is 24.1. The Balaban J connectivity index is 0.000000192. The van der Waals surface area contributed by atoms with E-state index in [1.807, 2.05) is 15.4 Å². The van der Waals surface area contributed by atoms with Crippen LogP contribution in [0.3, 0.4) is 0 Å². The van der Waals surface area contributed by atoms with Crippen molar-refractivity contribution in [1.29, 1.82) is 0 Å². The second-order valence-corrected chi connectivity index (χ2v) is 30.9. The molecule has 1 N–H and O–H groups in total. The Hall–Kier alpha value is -1.80. The molecule has 2 aliphatic carbocycles. The normalized spacial score (nSPS) is 19.9. The number of allylic oxidation sites excluding steroid dienone is 4. The van der Waals surface area contributed by atoms with Crippen LogP contribution in [0.2, 0.25) is 4.63 Å². The van der Waals surface area contributed by atoms with Gasteiger partial charge in [-0.2, -0.15) is 0 Å². The molecule has 2 atom stereocenters. The summed E-state index contributed by atoms with van der Waals surface area (Å²) in [5, 5.41) is 1.66. The molecule has 0 heterocycles. The van der Waals surface area contributed by atoms with Crippen LogP contribution in [0.25, 0.3) is 11.1 Å². The van der Waals surface area contributed by atoms with Gasteiger partial charge in [0.25, 0.3) is 0 Å². The third-order valence-corrected chi connectivity index (χ3v) is 28.4. The molecule has 0 aliphatic heterocycles. The molecular formula is C31H39NSiZr. The van der Waals surface area contributed by atoms with Crippen molar-refractivity contribution in [2.24, 2.45) is 5.92 Å². The quantitative estimate of drug-likeness (QED) is 0.334. The van der Waals surface area contributed by atoms with Gasteiger partial charge in [-0.1, -0.05) is 60.7 Å². The van der Waals surface area contributed by atoms with Crippen LogP contribution in [0.4, 0.5) is 0 Å². The molecule has 34 heavy (non-hydrogen) atoms. The van der Waals surface area contributed by atoms with Crippen LogP contribution in [-0.2, 0) is 19.7 Å². The van der Waals surface area contributed by atoms with Crippen LogP contribution in [-0.4, -0.2) is 12.7 Å². The zero-order valence-corrected chi connectivity index (χ0v) is 25.3. The topological polar surface area (TPSA) is 12.0 Å². The Labute approximate surface area is 213 Å². The smallest absolute Gasteiger partial charge is 0.0184 e. The molecule has 2 aliphatic rings. The van der Waals surface area contributed by atoms with Crippen molar-refractivity contribution in [3.8, 4) is 11.1 Å².